The summed E-state index contributed by atoms with van der Waals surface area (Å²) in [6.07, 6.45) is 4.93. The van der Waals surface area contributed by atoms with E-state index in [1.54, 1.807) is 35.6 Å². The Bertz CT molecular complexity index is 1240. The summed E-state index contributed by atoms with van der Waals surface area (Å²) in [5, 5.41) is 3.58. The molecular formula is C23H23N5O2S. The van der Waals surface area contributed by atoms with Crippen LogP contribution in [0.25, 0.3) is 5.65 Å². The van der Waals surface area contributed by atoms with Crippen molar-refractivity contribution in [1.29, 1.82) is 0 Å². The summed E-state index contributed by atoms with van der Waals surface area (Å²) in [4.78, 5) is 25.2. The Kier molecular flexibility index (Phi) is 5.17. The first-order valence-electron chi connectivity index (χ1n) is 10.2. The molecule has 0 unspecified atom stereocenters. The Morgan fingerprint density at radius 3 is 2.84 bits per heavy atom. The fourth-order valence-corrected chi connectivity index (χ4v) is 4.71. The van der Waals surface area contributed by atoms with E-state index in [0.29, 0.717) is 23.1 Å². The highest BCUT2D eigenvalue weighted by Crippen LogP contribution is 2.28. The molecule has 1 amide bonds. The number of fused-ring (bicyclic) bond motifs is 2. The molecule has 1 N–H and O–H groups in total. The molecular weight excluding hydrogens is 410 g/mol. The molecule has 8 heteroatoms. The summed E-state index contributed by atoms with van der Waals surface area (Å²) in [6.45, 7) is 4.31. The number of hydrogen-bond acceptors (Lipinski definition) is 6. The maximum absolute atomic E-state index is 12.6. The second kappa shape index (κ2) is 8.13. The van der Waals surface area contributed by atoms with Crippen LogP contribution in [-0.2, 0) is 19.6 Å². The van der Waals surface area contributed by atoms with E-state index < -0.39 is 0 Å². The molecule has 0 spiro atoms. The molecule has 5 rings (SSSR count). The van der Waals surface area contributed by atoms with Crippen LogP contribution in [0.15, 0.2) is 48.8 Å². The van der Waals surface area contributed by atoms with Gasteiger partial charge in [0.25, 0.3) is 5.91 Å². The van der Waals surface area contributed by atoms with Crippen molar-refractivity contribution in [2.24, 2.45) is 0 Å². The Hall–Kier alpha value is -3.23. The van der Waals surface area contributed by atoms with Crippen LogP contribution in [0.2, 0.25) is 0 Å². The topological polar surface area (TPSA) is 71.8 Å². The molecule has 0 saturated heterocycles. The minimum absolute atomic E-state index is 0.165. The molecule has 0 bridgehead atoms. The second-order valence-electron chi connectivity index (χ2n) is 7.85. The van der Waals surface area contributed by atoms with Gasteiger partial charge in [0.1, 0.15) is 18.0 Å². The van der Waals surface area contributed by atoms with Crippen LogP contribution in [-0.4, -0.2) is 38.8 Å². The number of amides is 1. The molecule has 1 aliphatic rings. The third-order valence-corrected chi connectivity index (χ3v) is 6.29. The monoisotopic (exact) mass is 433 g/mol. The molecule has 4 heterocycles. The summed E-state index contributed by atoms with van der Waals surface area (Å²) in [6, 6.07) is 11.2. The van der Waals surface area contributed by atoms with Crippen LogP contribution >= 0.6 is 11.3 Å². The van der Waals surface area contributed by atoms with Crippen LogP contribution < -0.4 is 10.1 Å². The lowest BCUT2D eigenvalue weighted by molar-refractivity contribution is 0.102. The summed E-state index contributed by atoms with van der Waals surface area (Å²) in [7, 11) is 2.10. The first-order valence-corrected chi connectivity index (χ1v) is 11.0. The van der Waals surface area contributed by atoms with Crippen LogP contribution in [0.5, 0.6) is 5.75 Å². The molecule has 0 atom stereocenters. The number of carbonyl (C=O) groups excluding carboxylic acids is 1. The molecule has 7 nitrogen and oxygen atoms in total. The Balaban J connectivity index is 1.20. The highest BCUT2D eigenvalue weighted by molar-refractivity contribution is 7.15. The average Bonchev–Trinajstić information content (AvgIpc) is 3.34. The maximum atomic E-state index is 12.6. The Morgan fingerprint density at radius 2 is 2.00 bits per heavy atom. The van der Waals surface area contributed by atoms with Crippen molar-refractivity contribution in [3.8, 4) is 5.75 Å². The molecule has 0 radical (unpaired) electrons. The number of aryl methyl sites for hydroxylation is 1. The van der Waals surface area contributed by atoms with Gasteiger partial charge >= 0.3 is 0 Å². The predicted octanol–water partition coefficient (Wildman–Crippen LogP) is 3.92. The van der Waals surface area contributed by atoms with Gasteiger partial charge in [-0.15, -0.1) is 11.3 Å². The molecule has 3 aromatic heterocycles. The second-order valence-corrected chi connectivity index (χ2v) is 8.93. The number of rotatable bonds is 5. The van der Waals surface area contributed by atoms with E-state index >= 15 is 0 Å². The summed E-state index contributed by atoms with van der Waals surface area (Å²) < 4.78 is 7.84. The van der Waals surface area contributed by atoms with Crippen LogP contribution in [0.4, 0.5) is 5.13 Å². The molecule has 1 aliphatic heterocycles. The van der Waals surface area contributed by atoms with Crippen molar-refractivity contribution in [3.63, 3.8) is 0 Å². The number of thiazole rings is 1. The first kappa shape index (κ1) is 19.7. The highest BCUT2D eigenvalue weighted by Gasteiger charge is 2.19. The number of pyridine rings is 1. The number of aromatic nitrogens is 3. The van der Waals surface area contributed by atoms with Gasteiger partial charge in [0.2, 0.25) is 0 Å². The SMILES string of the molecule is Cc1ccc2nc(COc3ccc(C(=O)Nc4nc5c(s4)CN(C)CC5)cc3)cn2c1. The third kappa shape index (κ3) is 4.30. The van der Waals surface area contributed by atoms with Gasteiger partial charge in [-0.1, -0.05) is 6.07 Å². The number of anilines is 1. The zero-order valence-electron chi connectivity index (χ0n) is 17.5. The van der Waals surface area contributed by atoms with Gasteiger partial charge < -0.3 is 14.0 Å². The van der Waals surface area contributed by atoms with Gasteiger partial charge in [-0.3, -0.25) is 10.1 Å². The fourth-order valence-electron chi connectivity index (χ4n) is 3.63. The summed E-state index contributed by atoms with van der Waals surface area (Å²) in [5.41, 5.74) is 4.60. The number of carbonyl (C=O) groups is 1. The Morgan fingerprint density at radius 1 is 1.16 bits per heavy atom. The number of benzene rings is 1. The highest BCUT2D eigenvalue weighted by atomic mass is 32.1. The lowest BCUT2D eigenvalue weighted by atomic mass is 10.2. The van der Waals surface area contributed by atoms with Crippen molar-refractivity contribution in [3.05, 3.63) is 76.2 Å². The van der Waals surface area contributed by atoms with Crippen molar-refractivity contribution in [2.45, 2.75) is 26.5 Å². The Labute approximate surface area is 184 Å². The molecule has 0 aliphatic carbocycles. The van der Waals surface area contributed by atoms with Gasteiger partial charge in [0, 0.05) is 42.3 Å². The van der Waals surface area contributed by atoms with E-state index in [0.717, 1.165) is 36.5 Å². The zero-order valence-corrected chi connectivity index (χ0v) is 18.3. The van der Waals surface area contributed by atoms with Crippen molar-refractivity contribution in [2.75, 3.05) is 18.9 Å². The average molecular weight is 434 g/mol. The lowest BCUT2D eigenvalue weighted by Crippen LogP contribution is -2.25. The van der Waals surface area contributed by atoms with E-state index in [9.17, 15) is 4.79 Å². The van der Waals surface area contributed by atoms with E-state index in [-0.39, 0.29) is 5.91 Å². The quantitative estimate of drug-likeness (QED) is 0.517. The number of nitrogens with one attached hydrogen (secondary N) is 1. The molecule has 1 aromatic carbocycles. The molecule has 0 fully saturated rings. The van der Waals surface area contributed by atoms with E-state index in [1.165, 1.54) is 10.4 Å². The van der Waals surface area contributed by atoms with Crippen molar-refractivity contribution >= 4 is 28.0 Å². The normalized spacial score (nSPS) is 13.9. The summed E-state index contributed by atoms with van der Waals surface area (Å²) in [5.74, 6) is 0.527. The number of hydrogen-bond donors (Lipinski definition) is 1. The van der Waals surface area contributed by atoms with Crippen LogP contribution in [0.1, 0.15) is 32.2 Å². The molecule has 31 heavy (non-hydrogen) atoms. The van der Waals surface area contributed by atoms with Gasteiger partial charge in [-0.25, -0.2) is 9.97 Å². The number of imidazole rings is 1. The summed E-state index contributed by atoms with van der Waals surface area (Å²) >= 11 is 1.56. The van der Waals surface area contributed by atoms with Crippen molar-refractivity contribution in [1.82, 2.24) is 19.3 Å². The van der Waals surface area contributed by atoms with Crippen molar-refractivity contribution < 1.29 is 9.53 Å². The fraction of sp³-hybridized carbons (Fsp3) is 0.261. The van der Waals surface area contributed by atoms with Gasteiger partial charge in [-0.05, 0) is 49.9 Å². The predicted molar refractivity (Wildman–Crippen MR) is 121 cm³/mol. The maximum Gasteiger partial charge on any atom is 0.257 e. The number of ether oxygens (including phenoxy) is 1. The first-order chi connectivity index (χ1) is 15.0. The lowest BCUT2D eigenvalue weighted by Gasteiger charge is -2.20. The van der Waals surface area contributed by atoms with Gasteiger partial charge in [-0.2, -0.15) is 0 Å². The van der Waals surface area contributed by atoms with Crippen LogP contribution in [0, 0.1) is 6.92 Å². The van der Waals surface area contributed by atoms with Gasteiger partial charge in [0.05, 0.1) is 11.4 Å². The van der Waals surface area contributed by atoms with E-state index in [1.807, 2.05) is 28.9 Å². The largest absolute Gasteiger partial charge is 0.487 e. The van der Waals surface area contributed by atoms with Gasteiger partial charge in [0.15, 0.2) is 5.13 Å². The minimum Gasteiger partial charge on any atom is -0.487 e. The minimum atomic E-state index is -0.165. The molecule has 4 aromatic rings. The van der Waals surface area contributed by atoms with E-state index in [2.05, 4.69) is 34.2 Å². The smallest absolute Gasteiger partial charge is 0.257 e. The third-order valence-electron chi connectivity index (χ3n) is 5.29. The molecule has 158 valence electrons. The number of nitrogens with zero attached hydrogens (tertiary/aromatic N) is 4. The molecule has 0 saturated carbocycles. The zero-order chi connectivity index (χ0) is 21.4. The standard InChI is InChI=1S/C23H23N5O2S/c1-15-3-8-21-24-17(12-28(21)11-15)14-30-18-6-4-16(5-7-18)22(29)26-23-25-19-9-10-27(2)13-20(19)31-23/h3-8,11-12H,9-10,13-14H2,1-2H3,(H,25,26,29). The number of likely N-dealkylation sites (N-methyl/N-ethyl adjacent to an activating group) is 1. The van der Waals surface area contributed by atoms with Crippen LogP contribution in [0.3, 0.4) is 0 Å². The van der Waals surface area contributed by atoms with E-state index in [4.69, 9.17) is 4.74 Å².